The zero-order valence-corrected chi connectivity index (χ0v) is 14.4. The Kier molecular flexibility index (Phi) is 6.89. The van der Waals surface area contributed by atoms with Crippen LogP contribution in [0.5, 0.6) is 5.75 Å². The molecule has 0 aliphatic carbocycles. The summed E-state index contributed by atoms with van der Waals surface area (Å²) in [7, 11) is 0. The van der Waals surface area contributed by atoms with Gasteiger partial charge in [-0.05, 0) is 37.4 Å². The molecule has 0 atom stereocenters. The average molecular weight is 348 g/mol. The first-order valence-electron chi connectivity index (χ1n) is 8.26. The van der Waals surface area contributed by atoms with Gasteiger partial charge < -0.3 is 15.0 Å². The molecule has 0 bridgehead atoms. The summed E-state index contributed by atoms with van der Waals surface area (Å²) in [4.78, 5) is 14.4. The maximum absolute atomic E-state index is 13.7. The van der Waals surface area contributed by atoms with Gasteiger partial charge >= 0.3 is 0 Å². The second-order valence-corrected chi connectivity index (χ2v) is 5.42. The topological polar surface area (TPSA) is 41.6 Å². The smallest absolute Gasteiger partial charge is 0.261 e. The first-order chi connectivity index (χ1) is 12.1. The number of benzene rings is 2. The van der Waals surface area contributed by atoms with Crippen molar-refractivity contribution in [3.05, 3.63) is 59.7 Å². The summed E-state index contributed by atoms with van der Waals surface area (Å²) in [5.41, 5.74) is -0.241. The lowest BCUT2D eigenvalue weighted by atomic mass is 10.1. The Hall–Kier alpha value is -2.47. The van der Waals surface area contributed by atoms with E-state index in [4.69, 9.17) is 4.74 Å². The van der Waals surface area contributed by atoms with E-state index in [1.54, 1.807) is 24.3 Å². The van der Waals surface area contributed by atoms with Crippen molar-refractivity contribution in [2.45, 2.75) is 13.8 Å². The van der Waals surface area contributed by atoms with Gasteiger partial charge in [0.05, 0.1) is 5.69 Å². The van der Waals surface area contributed by atoms with Crippen LogP contribution in [0.3, 0.4) is 0 Å². The predicted octanol–water partition coefficient (Wildman–Crippen LogP) is 3.94. The molecule has 0 unspecified atom stereocenters. The van der Waals surface area contributed by atoms with Crippen molar-refractivity contribution in [3.8, 4) is 5.75 Å². The number of rotatable bonds is 8. The Labute approximate surface area is 146 Å². The fourth-order valence-electron chi connectivity index (χ4n) is 2.42. The van der Waals surface area contributed by atoms with E-state index in [0.717, 1.165) is 31.8 Å². The summed E-state index contributed by atoms with van der Waals surface area (Å²) in [6.45, 7) is 7.18. The van der Waals surface area contributed by atoms with Crippen molar-refractivity contribution < 1.29 is 18.3 Å². The van der Waals surface area contributed by atoms with E-state index in [1.165, 1.54) is 6.07 Å². The number of nitrogens with one attached hydrogen (secondary N) is 1. The Balaban J connectivity index is 2.09. The molecule has 0 aliphatic rings. The largest absolute Gasteiger partial charge is 0.490 e. The molecule has 0 radical (unpaired) electrons. The predicted molar refractivity (Wildman–Crippen MR) is 94.0 cm³/mol. The number of anilines is 1. The molecule has 0 saturated carbocycles. The molecule has 2 aromatic carbocycles. The minimum atomic E-state index is -0.905. The summed E-state index contributed by atoms with van der Waals surface area (Å²) in [5.74, 6) is -2.20. The van der Waals surface area contributed by atoms with Gasteiger partial charge in [0.1, 0.15) is 29.6 Å². The van der Waals surface area contributed by atoms with Crippen molar-refractivity contribution in [1.29, 1.82) is 0 Å². The first-order valence-corrected chi connectivity index (χ1v) is 8.26. The van der Waals surface area contributed by atoms with Crippen LogP contribution in [0.1, 0.15) is 24.2 Å². The zero-order valence-electron chi connectivity index (χ0n) is 14.4. The Morgan fingerprint density at radius 2 is 1.68 bits per heavy atom. The molecule has 0 aliphatic heterocycles. The molecule has 0 aromatic heterocycles. The van der Waals surface area contributed by atoms with Crippen molar-refractivity contribution in [2.24, 2.45) is 0 Å². The van der Waals surface area contributed by atoms with E-state index in [2.05, 4.69) is 24.1 Å². The molecule has 25 heavy (non-hydrogen) atoms. The number of halogens is 2. The molecule has 1 amide bonds. The van der Waals surface area contributed by atoms with Gasteiger partial charge in [-0.2, -0.15) is 0 Å². The van der Waals surface area contributed by atoms with Gasteiger partial charge in [0.25, 0.3) is 5.91 Å². The van der Waals surface area contributed by atoms with E-state index in [1.807, 2.05) is 0 Å². The highest BCUT2D eigenvalue weighted by Gasteiger charge is 2.18. The highest BCUT2D eigenvalue weighted by molar-refractivity contribution is 6.05. The normalized spacial score (nSPS) is 10.8. The van der Waals surface area contributed by atoms with Crippen molar-refractivity contribution in [3.63, 3.8) is 0 Å². The Morgan fingerprint density at radius 3 is 2.32 bits per heavy atom. The fourth-order valence-corrected chi connectivity index (χ4v) is 2.42. The third-order valence-electron chi connectivity index (χ3n) is 3.88. The molecule has 0 heterocycles. The van der Waals surface area contributed by atoms with E-state index < -0.39 is 23.1 Å². The number of likely N-dealkylation sites (N-methyl/N-ethyl adjacent to an activating group) is 1. The summed E-state index contributed by atoms with van der Waals surface area (Å²) in [6, 6.07) is 10.1. The highest BCUT2D eigenvalue weighted by atomic mass is 19.1. The lowest BCUT2D eigenvalue weighted by Gasteiger charge is -2.19. The summed E-state index contributed by atoms with van der Waals surface area (Å²) in [6.07, 6.45) is 0. The molecule has 1 N–H and O–H groups in total. The molecule has 2 rings (SSSR count). The number of carbonyl (C=O) groups excluding carboxylic acids is 1. The van der Waals surface area contributed by atoms with Gasteiger partial charge in [-0.1, -0.05) is 32.0 Å². The average Bonchev–Trinajstić information content (AvgIpc) is 2.60. The third kappa shape index (κ3) is 5.00. The molecule has 4 nitrogen and oxygen atoms in total. The van der Waals surface area contributed by atoms with Crippen LogP contribution in [-0.4, -0.2) is 37.0 Å². The number of ether oxygens (including phenoxy) is 1. The summed E-state index contributed by atoms with van der Waals surface area (Å²) >= 11 is 0. The van der Waals surface area contributed by atoms with Gasteiger partial charge in [0.2, 0.25) is 0 Å². The lowest BCUT2D eigenvalue weighted by molar-refractivity contribution is 0.101. The van der Waals surface area contributed by atoms with Gasteiger partial charge in [0, 0.05) is 6.54 Å². The molecule has 6 heteroatoms. The zero-order chi connectivity index (χ0) is 18.2. The second-order valence-electron chi connectivity index (χ2n) is 5.42. The molecular formula is C19H22F2N2O2. The van der Waals surface area contributed by atoms with Crippen LogP contribution in [0.15, 0.2) is 42.5 Å². The number of amides is 1. The van der Waals surface area contributed by atoms with Gasteiger partial charge in [0.15, 0.2) is 0 Å². The summed E-state index contributed by atoms with van der Waals surface area (Å²) in [5, 5.41) is 2.52. The Bertz CT molecular complexity index is 698. The van der Waals surface area contributed by atoms with Crippen LogP contribution >= 0.6 is 0 Å². The summed E-state index contributed by atoms with van der Waals surface area (Å²) < 4.78 is 33.2. The fraction of sp³-hybridized carbons (Fsp3) is 0.316. The van der Waals surface area contributed by atoms with Gasteiger partial charge in [-0.15, -0.1) is 0 Å². The lowest BCUT2D eigenvalue weighted by Crippen LogP contribution is -2.28. The molecule has 0 fully saturated rings. The minimum absolute atomic E-state index is 0.370. The highest BCUT2D eigenvalue weighted by Crippen LogP contribution is 2.25. The van der Waals surface area contributed by atoms with Crippen LogP contribution in [0, 0.1) is 11.6 Å². The maximum atomic E-state index is 13.7. The van der Waals surface area contributed by atoms with Crippen molar-refractivity contribution in [1.82, 2.24) is 4.90 Å². The quantitative estimate of drug-likeness (QED) is 0.786. The van der Waals surface area contributed by atoms with Crippen LogP contribution in [-0.2, 0) is 0 Å². The third-order valence-corrected chi connectivity index (χ3v) is 3.88. The molecular weight excluding hydrogens is 326 g/mol. The number of hydrogen-bond donors (Lipinski definition) is 1. The van der Waals surface area contributed by atoms with E-state index in [-0.39, 0.29) is 0 Å². The van der Waals surface area contributed by atoms with Crippen LogP contribution < -0.4 is 10.1 Å². The van der Waals surface area contributed by atoms with E-state index >= 15 is 0 Å². The van der Waals surface area contributed by atoms with Crippen molar-refractivity contribution >= 4 is 11.6 Å². The van der Waals surface area contributed by atoms with Gasteiger partial charge in [-0.25, -0.2) is 8.78 Å². The Morgan fingerprint density at radius 1 is 1.04 bits per heavy atom. The van der Waals surface area contributed by atoms with Crippen LogP contribution in [0.25, 0.3) is 0 Å². The molecule has 0 spiro atoms. The van der Waals surface area contributed by atoms with Crippen LogP contribution in [0.4, 0.5) is 14.5 Å². The van der Waals surface area contributed by atoms with E-state index in [0.29, 0.717) is 18.0 Å². The number of nitrogens with zero attached hydrogens (tertiary/aromatic N) is 1. The van der Waals surface area contributed by atoms with E-state index in [9.17, 15) is 13.6 Å². The van der Waals surface area contributed by atoms with Gasteiger partial charge in [-0.3, -0.25) is 4.79 Å². The number of para-hydroxylation sites is 2. The van der Waals surface area contributed by atoms with Crippen molar-refractivity contribution in [2.75, 3.05) is 31.6 Å². The SMILES string of the molecule is CCN(CC)CCOc1ccccc1NC(=O)c1c(F)cccc1F. The minimum Gasteiger partial charge on any atom is -0.490 e. The standard InChI is InChI=1S/C19H22F2N2O2/c1-3-23(4-2)12-13-25-17-11-6-5-10-16(17)22-19(24)18-14(20)8-7-9-15(18)21/h5-11H,3-4,12-13H2,1-2H3,(H,22,24). The van der Waals surface area contributed by atoms with Crippen LogP contribution in [0.2, 0.25) is 0 Å². The monoisotopic (exact) mass is 348 g/mol. The molecule has 2 aromatic rings. The molecule has 134 valence electrons. The number of hydrogen-bond acceptors (Lipinski definition) is 3. The molecule has 0 saturated heterocycles. The first kappa shape index (κ1) is 18.9. The number of carbonyl (C=O) groups is 1. The maximum Gasteiger partial charge on any atom is 0.261 e. The second kappa shape index (κ2) is 9.13.